The van der Waals surface area contributed by atoms with Gasteiger partial charge in [0.05, 0.1) is 6.10 Å². The van der Waals surface area contributed by atoms with E-state index in [1.165, 1.54) is 71.8 Å². The summed E-state index contributed by atoms with van der Waals surface area (Å²) in [4.78, 5) is 48.4. The molecule has 1 aliphatic heterocycles. The first kappa shape index (κ1) is 36.8. The van der Waals surface area contributed by atoms with E-state index in [4.69, 9.17) is 28.4 Å². The van der Waals surface area contributed by atoms with Gasteiger partial charge in [0.2, 0.25) is 0 Å². The molecule has 0 aromatic heterocycles. The highest BCUT2D eigenvalue weighted by atomic mass is 16.7. The molecule has 4 aliphatic carbocycles. The third-order valence-corrected chi connectivity index (χ3v) is 12.8. The van der Waals surface area contributed by atoms with E-state index < -0.39 is 54.6 Å². The van der Waals surface area contributed by atoms with Crippen molar-refractivity contribution < 1.29 is 47.6 Å². The van der Waals surface area contributed by atoms with Crippen LogP contribution in [0.1, 0.15) is 120 Å². The maximum Gasteiger partial charge on any atom is 0.303 e. The number of fused-ring (bicyclic) bond motifs is 5. The minimum absolute atomic E-state index is 0.110. The molecule has 0 amide bonds. The van der Waals surface area contributed by atoms with Crippen molar-refractivity contribution in [2.75, 3.05) is 6.61 Å². The van der Waals surface area contributed by atoms with Crippen LogP contribution in [0.4, 0.5) is 0 Å². The smallest absolute Gasteiger partial charge is 0.303 e. The van der Waals surface area contributed by atoms with Gasteiger partial charge in [-0.25, -0.2) is 0 Å². The average molecular weight is 675 g/mol. The second-order valence-electron chi connectivity index (χ2n) is 15.8. The van der Waals surface area contributed by atoms with E-state index in [9.17, 15) is 19.2 Å². The Hall–Kier alpha value is -2.46. The van der Waals surface area contributed by atoms with Crippen molar-refractivity contribution in [1.29, 1.82) is 0 Å². The van der Waals surface area contributed by atoms with Crippen LogP contribution in [0.3, 0.4) is 0 Å². The molecular weight excluding hydrogens is 616 g/mol. The standard InChI is InChI=1S/C38H58O10/c1-9-10-21(2)29-13-14-30-28-12-11-26-19-27(15-17-37(26,7)31(28)16-18-38(29,30)8)47-36-35(46-25(6)42)34(45-24(5)41)33(44-23(4)40)32(48-36)20-43-22(3)39/h11,21,27-36H,9-10,12-20H2,1-8H3. The van der Waals surface area contributed by atoms with Crippen LogP contribution >= 0.6 is 0 Å². The van der Waals surface area contributed by atoms with Gasteiger partial charge in [-0.2, -0.15) is 0 Å². The van der Waals surface area contributed by atoms with Crippen molar-refractivity contribution in [2.24, 2.45) is 40.4 Å². The summed E-state index contributed by atoms with van der Waals surface area (Å²) in [6, 6.07) is 0. The van der Waals surface area contributed by atoms with Gasteiger partial charge in [0, 0.05) is 27.7 Å². The SMILES string of the molecule is CCCC(C)C1CCC2C3CC=C4CC(OC5OC(COC(C)=O)C(OC(C)=O)C(OC(C)=O)C5OC(C)=O)CCC4(C)C3CCC12C. The molecule has 5 rings (SSSR count). The Balaban J connectivity index is 1.35. The molecule has 1 saturated heterocycles. The van der Waals surface area contributed by atoms with Gasteiger partial charge < -0.3 is 28.4 Å². The van der Waals surface area contributed by atoms with Crippen LogP contribution in [0.25, 0.3) is 0 Å². The fourth-order valence-electron chi connectivity index (χ4n) is 10.9. The number of rotatable bonds is 10. The highest BCUT2D eigenvalue weighted by molar-refractivity contribution is 5.68. The summed E-state index contributed by atoms with van der Waals surface area (Å²) in [6.07, 6.45) is 7.96. The third-order valence-electron chi connectivity index (χ3n) is 12.8. The van der Waals surface area contributed by atoms with Crippen LogP contribution < -0.4 is 0 Å². The van der Waals surface area contributed by atoms with E-state index in [2.05, 4.69) is 33.8 Å². The molecule has 0 bridgehead atoms. The van der Waals surface area contributed by atoms with Gasteiger partial charge in [0.1, 0.15) is 12.7 Å². The summed E-state index contributed by atoms with van der Waals surface area (Å²) in [7, 11) is 0. The Morgan fingerprint density at radius 1 is 0.854 bits per heavy atom. The molecule has 13 atom stereocenters. The monoisotopic (exact) mass is 674 g/mol. The molecule has 0 N–H and O–H groups in total. The molecule has 3 saturated carbocycles. The molecule has 4 fully saturated rings. The van der Waals surface area contributed by atoms with E-state index in [0.717, 1.165) is 43.4 Å². The van der Waals surface area contributed by atoms with Crippen LogP contribution in [0, 0.1) is 40.4 Å². The predicted octanol–water partition coefficient (Wildman–Crippen LogP) is 6.47. The zero-order valence-corrected chi connectivity index (χ0v) is 30.3. The zero-order chi connectivity index (χ0) is 35.0. The number of esters is 4. The predicted molar refractivity (Wildman–Crippen MR) is 176 cm³/mol. The molecule has 5 aliphatic rings. The largest absolute Gasteiger partial charge is 0.463 e. The topological polar surface area (TPSA) is 124 Å². The Bertz CT molecular complexity index is 1250. The van der Waals surface area contributed by atoms with Crippen molar-refractivity contribution in [3.63, 3.8) is 0 Å². The van der Waals surface area contributed by atoms with Gasteiger partial charge in [-0.05, 0) is 91.8 Å². The summed E-state index contributed by atoms with van der Waals surface area (Å²) in [5, 5.41) is 0. The highest BCUT2D eigenvalue weighted by Gasteiger charge is 2.60. The molecular formula is C38H58O10. The lowest BCUT2D eigenvalue weighted by atomic mass is 9.47. The van der Waals surface area contributed by atoms with E-state index in [0.29, 0.717) is 17.3 Å². The molecule has 1 heterocycles. The zero-order valence-electron chi connectivity index (χ0n) is 30.3. The number of carbonyl (C=O) groups is 4. The Morgan fingerprint density at radius 2 is 1.52 bits per heavy atom. The minimum atomic E-state index is -1.23. The van der Waals surface area contributed by atoms with E-state index in [1.807, 2.05) is 0 Å². The van der Waals surface area contributed by atoms with E-state index in [1.54, 1.807) is 0 Å². The molecule has 0 aromatic carbocycles. The van der Waals surface area contributed by atoms with Crippen molar-refractivity contribution in [1.82, 2.24) is 0 Å². The number of hydrogen-bond donors (Lipinski definition) is 0. The molecule has 13 unspecified atom stereocenters. The second kappa shape index (κ2) is 14.8. The molecule has 10 heteroatoms. The number of carbonyl (C=O) groups excluding carboxylic acids is 4. The average Bonchev–Trinajstić information content (AvgIpc) is 3.36. The minimum Gasteiger partial charge on any atom is -0.463 e. The van der Waals surface area contributed by atoms with Gasteiger partial charge >= 0.3 is 23.9 Å². The molecule has 270 valence electrons. The van der Waals surface area contributed by atoms with E-state index in [-0.39, 0.29) is 18.1 Å². The maximum absolute atomic E-state index is 12.3. The van der Waals surface area contributed by atoms with Gasteiger partial charge in [-0.3, -0.25) is 19.2 Å². The Labute approximate surface area is 286 Å². The molecule has 48 heavy (non-hydrogen) atoms. The fourth-order valence-corrected chi connectivity index (χ4v) is 10.9. The van der Waals surface area contributed by atoms with Crippen molar-refractivity contribution in [3.8, 4) is 0 Å². The summed E-state index contributed by atoms with van der Waals surface area (Å²) in [5.41, 5.74) is 1.98. The Kier molecular flexibility index (Phi) is 11.3. The lowest BCUT2D eigenvalue weighted by Crippen LogP contribution is -2.63. The van der Waals surface area contributed by atoms with Crippen molar-refractivity contribution in [2.45, 2.75) is 156 Å². The molecule has 0 radical (unpaired) electrons. The van der Waals surface area contributed by atoms with Crippen LogP contribution in [-0.2, 0) is 47.6 Å². The number of allylic oxidation sites excluding steroid dienone is 1. The van der Waals surface area contributed by atoms with Crippen molar-refractivity contribution >= 4 is 23.9 Å². The van der Waals surface area contributed by atoms with E-state index >= 15 is 0 Å². The first-order valence-electron chi connectivity index (χ1n) is 18.3. The first-order valence-corrected chi connectivity index (χ1v) is 18.3. The molecule has 0 spiro atoms. The normalized spacial score (nSPS) is 41.0. The van der Waals surface area contributed by atoms with Gasteiger partial charge in [0.15, 0.2) is 24.6 Å². The highest BCUT2D eigenvalue weighted by Crippen LogP contribution is 2.67. The van der Waals surface area contributed by atoms with Crippen molar-refractivity contribution in [3.05, 3.63) is 11.6 Å². The number of ether oxygens (including phenoxy) is 6. The summed E-state index contributed by atoms with van der Waals surface area (Å²) >= 11 is 0. The lowest BCUT2D eigenvalue weighted by Gasteiger charge is -2.58. The van der Waals surface area contributed by atoms with Gasteiger partial charge in [-0.15, -0.1) is 0 Å². The Morgan fingerprint density at radius 3 is 2.17 bits per heavy atom. The molecule has 0 aromatic rings. The lowest BCUT2D eigenvalue weighted by molar-refractivity contribution is -0.318. The maximum atomic E-state index is 12.3. The first-order chi connectivity index (χ1) is 22.7. The fraction of sp³-hybridized carbons (Fsp3) is 0.842. The van der Waals surface area contributed by atoms with Crippen LogP contribution in [0.2, 0.25) is 0 Å². The van der Waals surface area contributed by atoms with Crippen LogP contribution in [-0.4, -0.2) is 67.3 Å². The van der Waals surface area contributed by atoms with Gasteiger partial charge in [0.25, 0.3) is 0 Å². The molecule has 10 nitrogen and oxygen atoms in total. The number of hydrogen-bond acceptors (Lipinski definition) is 10. The summed E-state index contributed by atoms with van der Waals surface area (Å²) in [5.74, 6) is 1.27. The quantitative estimate of drug-likeness (QED) is 0.145. The van der Waals surface area contributed by atoms with Crippen LogP contribution in [0.5, 0.6) is 0 Å². The van der Waals surface area contributed by atoms with Crippen LogP contribution in [0.15, 0.2) is 11.6 Å². The second-order valence-corrected chi connectivity index (χ2v) is 15.8. The summed E-state index contributed by atoms with van der Waals surface area (Å²) in [6.45, 7) is 14.5. The summed E-state index contributed by atoms with van der Waals surface area (Å²) < 4.78 is 34.9. The van der Waals surface area contributed by atoms with Gasteiger partial charge in [-0.1, -0.05) is 52.2 Å². The third kappa shape index (κ3) is 7.35.